The molecule has 0 amide bonds. The van der Waals surface area contributed by atoms with Crippen molar-refractivity contribution in [1.82, 2.24) is 0 Å². The van der Waals surface area contributed by atoms with Crippen LogP contribution < -0.4 is 0 Å². The maximum Gasteiger partial charge on any atom is 0.394 e. The summed E-state index contributed by atoms with van der Waals surface area (Å²) in [4.78, 5) is 0. The van der Waals surface area contributed by atoms with Crippen LogP contribution in [-0.2, 0) is 27.5 Å². The van der Waals surface area contributed by atoms with E-state index in [4.69, 9.17) is 17.5 Å². The summed E-state index contributed by atoms with van der Waals surface area (Å²) in [7, 11) is -4.67. The Morgan fingerprint density at radius 3 is 1.12 bits per heavy atom. The van der Waals surface area contributed by atoms with Crippen molar-refractivity contribution in [3.63, 3.8) is 0 Å². The van der Waals surface area contributed by atoms with Crippen molar-refractivity contribution in [2.45, 2.75) is 0 Å². The average molecular weight is 220 g/mol. The molecule has 0 spiro atoms. The van der Waals surface area contributed by atoms with E-state index in [0.717, 1.165) is 0 Å². The van der Waals surface area contributed by atoms with Crippen LogP contribution in [0.15, 0.2) is 0 Å². The Morgan fingerprint density at radius 2 is 1.12 bits per heavy atom. The summed E-state index contributed by atoms with van der Waals surface area (Å²) in [5, 5.41) is 0. The van der Waals surface area contributed by atoms with E-state index in [0.29, 0.717) is 0 Å². The smallest absolute Gasteiger partial charge is 0.264 e. The van der Waals surface area contributed by atoms with Gasteiger partial charge in [-0.25, -0.2) is 0 Å². The van der Waals surface area contributed by atoms with E-state index in [1.54, 1.807) is 0 Å². The quantitative estimate of drug-likeness (QED) is 0.280. The summed E-state index contributed by atoms with van der Waals surface area (Å²) < 4.78 is 31.6. The van der Waals surface area contributed by atoms with E-state index >= 15 is 0 Å². The minimum atomic E-state index is -4.67. The molecule has 0 aliphatic heterocycles. The predicted octanol–water partition coefficient (Wildman–Crippen LogP) is -2.05. The van der Waals surface area contributed by atoms with Crippen LogP contribution in [0.25, 0.3) is 0 Å². The van der Waals surface area contributed by atoms with Crippen LogP contribution in [0.5, 0.6) is 0 Å². The van der Waals surface area contributed by atoms with E-state index in [-0.39, 0.29) is 37.9 Å². The van der Waals surface area contributed by atoms with Crippen LogP contribution in [0.3, 0.4) is 0 Å². The van der Waals surface area contributed by atoms with Gasteiger partial charge in [-0.3, -0.25) is 9.11 Å². The summed E-state index contributed by atoms with van der Waals surface area (Å²) in [6.45, 7) is 0. The first-order valence-electron chi connectivity index (χ1n) is 0.698. The van der Waals surface area contributed by atoms with Crippen LogP contribution in [0, 0.1) is 0 Å². The van der Waals surface area contributed by atoms with Crippen LogP contribution >= 0.6 is 9.90 Å². The van der Waals surface area contributed by atoms with Gasteiger partial charge >= 0.3 is 10.4 Å². The van der Waals surface area contributed by atoms with Crippen LogP contribution in [0.4, 0.5) is 0 Å². The molecule has 8 heteroatoms. The van der Waals surface area contributed by atoms with Crippen molar-refractivity contribution in [3.8, 4) is 0 Å². The fraction of sp³-hybridized carbons (Fsp3) is 0. The molecule has 0 rings (SSSR count). The van der Waals surface area contributed by atoms with Crippen molar-refractivity contribution >= 4 is 31.3 Å². The van der Waals surface area contributed by atoms with Gasteiger partial charge in [-0.05, 0) is 11.0 Å². The molecular formula is H9FeO4PSSi. The predicted molar refractivity (Wildman–Crippen MR) is 36.6 cm³/mol. The third-order valence-corrected chi connectivity index (χ3v) is 0. The molecule has 0 aliphatic carbocycles. The van der Waals surface area contributed by atoms with E-state index in [2.05, 4.69) is 0 Å². The molecule has 0 aromatic heterocycles. The molecular weight excluding hydrogens is 211 g/mol. The maximum atomic E-state index is 8.74. The minimum Gasteiger partial charge on any atom is -0.264 e. The zero-order chi connectivity index (χ0) is 4.50. The van der Waals surface area contributed by atoms with E-state index in [1.165, 1.54) is 0 Å². The third kappa shape index (κ3) is 239. The van der Waals surface area contributed by atoms with Crippen molar-refractivity contribution < 1.29 is 34.6 Å². The fourth-order valence-corrected chi connectivity index (χ4v) is 0. The Balaban J connectivity index is -0.0000000267. The van der Waals surface area contributed by atoms with Crippen molar-refractivity contribution in [3.05, 3.63) is 0 Å². The molecule has 0 saturated heterocycles. The normalized spacial score (nSPS) is 7.25. The Bertz CT molecular complexity index is 99.2. The first-order valence-corrected chi connectivity index (χ1v) is 2.10. The molecule has 0 aromatic rings. The van der Waals surface area contributed by atoms with Gasteiger partial charge in [0.1, 0.15) is 0 Å². The molecule has 2 N–H and O–H groups in total. The molecule has 0 fully saturated rings. The van der Waals surface area contributed by atoms with Gasteiger partial charge in [-0.15, -0.1) is 0 Å². The molecule has 0 aliphatic rings. The minimum absolute atomic E-state index is 0. The second-order valence-corrected chi connectivity index (χ2v) is 1.34. The summed E-state index contributed by atoms with van der Waals surface area (Å²) in [6.07, 6.45) is 0. The van der Waals surface area contributed by atoms with Crippen LogP contribution in [0.2, 0.25) is 0 Å². The summed E-state index contributed by atoms with van der Waals surface area (Å²) in [5.74, 6) is 0. The van der Waals surface area contributed by atoms with Gasteiger partial charge in [0.15, 0.2) is 0 Å². The number of hydrogen-bond donors (Lipinski definition) is 2. The van der Waals surface area contributed by atoms with Gasteiger partial charge in [0.25, 0.3) is 0 Å². The summed E-state index contributed by atoms with van der Waals surface area (Å²) >= 11 is 0. The van der Waals surface area contributed by atoms with Crippen molar-refractivity contribution in [2.75, 3.05) is 0 Å². The van der Waals surface area contributed by atoms with Gasteiger partial charge < -0.3 is 0 Å². The molecule has 1 atom stereocenters. The van der Waals surface area contributed by atoms with Crippen molar-refractivity contribution in [1.29, 1.82) is 0 Å². The number of rotatable bonds is 0. The topological polar surface area (TPSA) is 74.6 Å². The van der Waals surface area contributed by atoms with Gasteiger partial charge in [0.05, 0.1) is 0 Å². The Kier molecular flexibility index (Phi) is 23.1. The summed E-state index contributed by atoms with van der Waals surface area (Å²) in [6, 6.07) is 0. The molecule has 8 heavy (non-hydrogen) atoms. The average Bonchev–Trinajstić information content (AvgIpc) is 0.722. The zero-order valence-electron chi connectivity index (χ0n) is 3.18. The first kappa shape index (κ1) is 23.0. The standard InChI is InChI=1S/Fe.H2O4S.H3P.H4Si/c;1-5(2,3)4;;/h;(H2,1,2,3,4);1H3;1H4. The second kappa shape index (κ2) is 8.04. The summed E-state index contributed by atoms with van der Waals surface area (Å²) in [5.41, 5.74) is 0. The molecule has 0 heterocycles. The number of hydrogen-bond acceptors (Lipinski definition) is 2. The first-order chi connectivity index (χ1) is 2.00. The monoisotopic (exact) mass is 220 g/mol. The molecule has 0 aromatic carbocycles. The van der Waals surface area contributed by atoms with Crippen LogP contribution in [0.1, 0.15) is 0 Å². The Labute approximate surface area is 66.1 Å². The molecule has 0 saturated carbocycles. The van der Waals surface area contributed by atoms with Crippen molar-refractivity contribution in [2.24, 2.45) is 0 Å². The van der Waals surface area contributed by atoms with Gasteiger partial charge in [-0.2, -0.15) is 18.3 Å². The Hall–Kier alpha value is 1.04. The van der Waals surface area contributed by atoms with Crippen LogP contribution in [-0.4, -0.2) is 28.5 Å². The molecule has 56 valence electrons. The SMILES string of the molecule is O=S(=O)(O)O.P.[Fe].[SiH4]. The zero-order valence-corrected chi connectivity index (χ0v) is 6.51. The van der Waals surface area contributed by atoms with E-state index in [1.807, 2.05) is 0 Å². The molecule has 1 unspecified atom stereocenters. The maximum absolute atomic E-state index is 8.74. The molecule has 4 nitrogen and oxygen atoms in total. The Morgan fingerprint density at radius 1 is 1.12 bits per heavy atom. The van der Waals surface area contributed by atoms with E-state index < -0.39 is 10.4 Å². The van der Waals surface area contributed by atoms with Gasteiger partial charge in [0, 0.05) is 17.1 Å². The van der Waals surface area contributed by atoms with E-state index in [9.17, 15) is 0 Å². The fourth-order valence-electron chi connectivity index (χ4n) is 0. The largest absolute Gasteiger partial charge is 0.394 e. The van der Waals surface area contributed by atoms with Gasteiger partial charge in [-0.1, -0.05) is 0 Å². The molecule has 0 bridgehead atoms. The third-order valence-electron chi connectivity index (χ3n) is 0. The second-order valence-electron chi connectivity index (χ2n) is 0.448. The van der Waals surface area contributed by atoms with Gasteiger partial charge in [0.2, 0.25) is 0 Å². The molecule has 0 radical (unpaired) electrons.